The first-order valence-electron chi connectivity index (χ1n) is 10.3. The van der Waals surface area contributed by atoms with E-state index in [4.69, 9.17) is 0 Å². The van der Waals surface area contributed by atoms with Crippen molar-refractivity contribution in [3.8, 4) is 17.1 Å². The number of anilines is 2. The van der Waals surface area contributed by atoms with Crippen LogP contribution in [0, 0.1) is 5.82 Å². The molecule has 0 bridgehead atoms. The number of hydrogen-bond acceptors (Lipinski definition) is 5. The number of thioether (sulfide) groups is 1. The summed E-state index contributed by atoms with van der Waals surface area (Å²) in [6.45, 7) is 0. The lowest BCUT2D eigenvalue weighted by atomic mass is 10.2. The van der Waals surface area contributed by atoms with E-state index in [9.17, 15) is 14.0 Å². The summed E-state index contributed by atoms with van der Waals surface area (Å²) in [7, 11) is 1.53. The zero-order valence-electron chi connectivity index (χ0n) is 18.2. The second-order valence-corrected chi connectivity index (χ2v) is 8.04. The Morgan fingerprint density at radius 3 is 2.18 bits per heavy atom. The number of amides is 3. The molecule has 0 saturated heterocycles. The van der Waals surface area contributed by atoms with Gasteiger partial charge in [-0.1, -0.05) is 30.0 Å². The Hall–Kier alpha value is -4.18. The van der Waals surface area contributed by atoms with Crippen molar-refractivity contribution < 1.29 is 14.0 Å². The molecule has 4 rings (SSSR count). The maximum atomic E-state index is 13.4. The smallest absolute Gasteiger partial charge is 0.318 e. The summed E-state index contributed by atoms with van der Waals surface area (Å²) < 4.78 is 15.2. The number of nitrogens with one attached hydrogen (secondary N) is 3. The lowest BCUT2D eigenvalue weighted by molar-refractivity contribution is -0.113. The maximum Gasteiger partial charge on any atom is 0.318 e. The van der Waals surface area contributed by atoms with Crippen LogP contribution in [0.3, 0.4) is 0 Å². The highest BCUT2D eigenvalue weighted by Gasteiger charge is 2.17. The predicted molar refractivity (Wildman–Crippen MR) is 131 cm³/mol. The molecule has 3 aromatic carbocycles. The summed E-state index contributed by atoms with van der Waals surface area (Å²) in [4.78, 5) is 23.9. The molecule has 0 radical (unpaired) electrons. The average molecular weight is 477 g/mol. The topological polar surface area (TPSA) is 101 Å². The number of carbonyl (C=O) groups is 2. The largest absolute Gasteiger partial charge is 0.341 e. The van der Waals surface area contributed by atoms with Gasteiger partial charge in [0, 0.05) is 29.7 Å². The van der Waals surface area contributed by atoms with Gasteiger partial charge >= 0.3 is 6.03 Å². The highest BCUT2D eigenvalue weighted by atomic mass is 32.2. The van der Waals surface area contributed by atoms with Crippen molar-refractivity contribution >= 4 is 35.1 Å². The Morgan fingerprint density at radius 2 is 1.53 bits per heavy atom. The Kier molecular flexibility index (Phi) is 7.19. The van der Waals surface area contributed by atoms with E-state index in [0.29, 0.717) is 27.9 Å². The fourth-order valence-corrected chi connectivity index (χ4v) is 3.87. The van der Waals surface area contributed by atoms with Gasteiger partial charge in [0.05, 0.1) is 5.75 Å². The Balaban J connectivity index is 1.48. The number of urea groups is 1. The molecule has 0 atom stereocenters. The lowest BCUT2D eigenvalue weighted by Crippen LogP contribution is -2.24. The molecule has 0 fully saturated rings. The minimum atomic E-state index is -0.335. The normalized spacial score (nSPS) is 10.5. The zero-order chi connectivity index (χ0) is 23.9. The fourth-order valence-electron chi connectivity index (χ4n) is 3.12. The number of nitrogens with zero attached hydrogens (tertiary/aromatic N) is 3. The van der Waals surface area contributed by atoms with E-state index in [1.807, 2.05) is 34.9 Å². The van der Waals surface area contributed by atoms with Gasteiger partial charge in [0.2, 0.25) is 5.91 Å². The van der Waals surface area contributed by atoms with Crippen LogP contribution in [-0.4, -0.2) is 39.5 Å². The van der Waals surface area contributed by atoms with Gasteiger partial charge in [-0.3, -0.25) is 9.36 Å². The number of rotatable bonds is 7. The van der Waals surface area contributed by atoms with Gasteiger partial charge in [0.25, 0.3) is 0 Å². The molecule has 0 aliphatic carbocycles. The lowest BCUT2D eigenvalue weighted by Gasteiger charge is -2.11. The van der Waals surface area contributed by atoms with Crippen molar-refractivity contribution in [1.82, 2.24) is 20.1 Å². The number of benzene rings is 3. The molecular formula is C24H21FN6O2S. The van der Waals surface area contributed by atoms with Crippen molar-refractivity contribution in [2.24, 2.45) is 0 Å². The molecule has 0 saturated carbocycles. The minimum Gasteiger partial charge on any atom is -0.341 e. The number of hydrogen-bond donors (Lipinski definition) is 3. The molecule has 1 aromatic heterocycles. The van der Waals surface area contributed by atoms with Gasteiger partial charge in [-0.25, -0.2) is 9.18 Å². The van der Waals surface area contributed by atoms with Gasteiger partial charge in [0.15, 0.2) is 11.0 Å². The molecule has 3 amide bonds. The van der Waals surface area contributed by atoms with Crippen LogP contribution in [0.15, 0.2) is 84.0 Å². The summed E-state index contributed by atoms with van der Waals surface area (Å²) in [5.41, 5.74) is 2.74. The molecule has 4 aromatic rings. The second-order valence-electron chi connectivity index (χ2n) is 7.10. The number of aromatic nitrogens is 3. The van der Waals surface area contributed by atoms with E-state index < -0.39 is 0 Å². The molecular weight excluding hydrogens is 455 g/mol. The van der Waals surface area contributed by atoms with Crippen LogP contribution in [0.5, 0.6) is 0 Å². The van der Waals surface area contributed by atoms with Crippen molar-refractivity contribution in [3.05, 3.63) is 84.7 Å². The SMILES string of the molecule is CNC(=O)Nc1ccc(NC(=O)CSc2nnc(-c3ccc(F)cc3)n2-c2ccccc2)cc1. The van der Waals surface area contributed by atoms with E-state index in [-0.39, 0.29) is 23.5 Å². The van der Waals surface area contributed by atoms with Gasteiger partial charge in [-0.15, -0.1) is 10.2 Å². The van der Waals surface area contributed by atoms with Crippen LogP contribution in [-0.2, 0) is 4.79 Å². The van der Waals surface area contributed by atoms with Crippen molar-refractivity contribution in [2.75, 3.05) is 23.4 Å². The third-order valence-electron chi connectivity index (χ3n) is 4.74. The van der Waals surface area contributed by atoms with Gasteiger partial charge in [0.1, 0.15) is 5.82 Å². The standard InChI is InChI=1S/C24H21FN6O2S/c1-26-23(33)28-19-13-11-18(12-14-19)27-21(32)15-34-24-30-29-22(16-7-9-17(25)10-8-16)31(24)20-5-3-2-4-6-20/h2-14H,15H2,1H3,(H,27,32)(H2,26,28,33). The molecule has 8 nitrogen and oxygen atoms in total. The van der Waals surface area contributed by atoms with Crippen LogP contribution < -0.4 is 16.0 Å². The van der Waals surface area contributed by atoms with Crippen LogP contribution in [0.2, 0.25) is 0 Å². The minimum absolute atomic E-state index is 0.104. The maximum absolute atomic E-state index is 13.4. The van der Waals surface area contributed by atoms with Crippen LogP contribution in [0.4, 0.5) is 20.6 Å². The van der Waals surface area contributed by atoms with Crippen LogP contribution in [0.1, 0.15) is 0 Å². The molecule has 1 heterocycles. The summed E-state index contributed by atoms with van der Waals surface area (Å²) in [5.74, 6) is 0.0987. The van der Waals surface area contributed by atoms with Crippen LogP contribution >= 0.6 is 11.8 Å². The van der Waals surface area contributed by atoms with E-state index in [1.54, 1.807) is 36.4 Å². The third-order valence-corrected chi connectivity index (χ3v) is 5.67. The van der Waals surface area contributed by atoms with E-state index in [0.717, 1.165) is 5.69 Å². The molecule has 172 valence electrons. The first kappa shape index (κ1) is 23.0. The average Bonchev–Trinajstić information content (AvgIpc) is 3.29. The van der Waals surface area contributed by atoms with Crippen molar-refractivity contribution in [3.63, 3.8) is 0 Å². The molecule has 0 spiro atoms. The van der Waals surface area contributed by atoms with E-state index >= 15 is 0 Å². The Bertz CT molecular complexity index is 1280. The van der Waals surface area contributed by atoms with Crippen molar-refractivity contribution in [1.29, 1.82) is 0 Å². The number of halogens is 1. The zero-order valence-corrected chi connectivity index (χ0v) is 19.0. The first-order chi connectivity index (χ1) is 16.5. The number of para-hydroxylation sites is 1. The molecule has 0 aliphatic heterocycles. The fraction of sp³-hybridized carbons (Fsp3) is 0.0833. The molecule has 0 aliphatic rings. The van der Waals surface area contributed by atoms with Crippen molar-refractivity contribution in [2.45, 2.75) is 5.16 Å². The summed E-state index contributed by atoms with van der Waals surface area (Å²) in [5, 5.41) is 17.0. The summed E-state index contributed by atoms with van der Waals surface area (Å²) in [6, 6.07) is 22.0. The summed E-state index contributed by atoms with van der Waals surface area (Å²) in [6.07, 6.45) is 0. The molecule has 0 unspecified atom stereocenters. The molecule has 3 N–H and O–H groups in total. The Morgan fingerprint density at radius 1 is 0.882 bits per heavy atom. The Labute approximate surface area is 199 Å². The van der Waals surface area contributed by atoms with E-state index in [2.05, 4.69) is 26.1 Å². The quantitative estimate of drug-likeness (QED) is 0.340. The first-order valence-corrected chi connectivity index (χ1v) is 11.3. The molecule has 34 heavy (non-hydrogen) atoms. The van der Waals surface area contributed by atoms with E-state index in [1.165, 1.54) is 30.9 Å². The predicted octanol–water partition coefficient (Wildman–Crippen LogP) is 4.56. The summed E-state index contributed by atoms with van der Waals surface area (Å²) >= 11 is 1.24. The van der Waals surface area contributed by atoms with Crippen LogP contribution in [0.25, 0.3) is 17.1 Å². The highest BCUT2D eigenvalue weighted by molar-refractivity contribution is 7.99. The second kappa shape index (κ2) is 10.6. The van der Waals surface area contributed by atoms with Gasteiger partial charge < -0.3 is 16.0 Å². The van der Waals surface area contributed by atoms with Gasteiger partial charge in [-0.05, 0) is 60.7 Å². The third kappa shape index (κ3) is 5.59. The monoisotopic (exact) mass is 476 g/mol. The highest BCUT2D eigenvalue weighted by Crippen LogP contribution is 2.28. The number of carbonyl (C=O) groups excluding carboxylic acids is 2. The van der Waals surface area contributed by atoms with Gasteiger partial charge in [-0.2, -0.15) is 0 Å². The molecule has 10 heteroatoms.